The number of rotatable bonds is 7. The quantitative estimate of drug-likeness (QED) is 0.263. The number of nitrogens with one attached hydrogen (secondary N) is 3. The molecule has 0 atom stereocenters. The fourth-order valence-corrected chi connectivity index (χ4v) is 2.91. The lowest BCUT2D eigenvalue weighted by Gasteiger charge is -2.11. The van der Waals surface area contributed by atoms with Crippen LogP contribution < -0.4 is 10.6 Å². The molecule has 1 heterocycles. The Kier molecular flexibility index (Phi) is 7.33. The van der Waals surface area contributed by atoms with Crippen molar-refractivity contribution in [2.75, 3.05) is 20.1 Å². The highest BCUT2D eigenvalue weighted by Gasteiger charge is 2.19. The number of H-pyrrole nitrogens is 1. The van der Waals surface area contributed by atoms with E-state index in [-0.39, 0.29) is 29.8 Å². The molecule has 1 aliphatic carbocycles. The highest BCUT2D eigenvalue weighted by atomic mass is 127. The van der Waals surface area contributed by atoms with Gasteiger partial charge in [0.15, 0.2) is 5.96 Å². The number of halogens is 2. The van der Waals surface area contributed by atoms with E-state index in [1.165, 1.54) is 43.4 Å². The van der Waals surface area contributed by atoms with Gasteiger partial charge < -0.3 is 15.6 Å². The smallest absolute Gasteiger partial charge is 0.190 e. The molecule has 0 spiro atoms. The maximum absolute atomic E-state index is 13.2. The molecule has 0 aliphatic heterocycles. The summed E-state index contributed by atoms with van der Waals surface area (Å²) in [6, 6.07) is 4.88. The van der Waals surface area contributed by atoms with Gasteiger partial charge in [-0.25, -0.2) is 4.39 Å². The molecule has 2 aromatic rings. The summed E-state index contributed by atoms with van der Waals surface area (Å²) < 4.78 is 13.2. The molecule has 3 rings (SSSR count). The molecule has 1 aromatic heterocycles. The van der Waals surface area contributed by atoms with Crippen LogP contribution in [-0.4, -0.2) is 31.1 Å². The van der Waals surface area contributed by atoms with E-state index in [1.807, 2.05) is 12.3 Å². The van der Waals surface area contributed by atoms with Crippen LogP contribution in [0.2, 0.25) is 0 Å². The Labute approximate surface area is 159 Å². The first-order valence-electron chi connectivity index (χ1n) is 8.46. The Morgan fingerprint density at radius 3 is 2.83 bits per heavy atom. The van der Waals surface area contributed by atoms with Crippen LogP contribution in [0.1, 0.15) is 31.2 Å². The Morgan fingerprint density at radius 2 is 2.08 bits per heavy atom. The van der Waals surface area contributed by atoms with Gasteiger partial charge in [-0.2, -0.15) is 0 Å². The Balaban J connectivity index is 0.00000208. The highest BCUT2D eigenvalue weighted by Crippen LogP contribution is 2.33. The summed E-state index contributed by atoms with van der Waals surface area (Å²) in [6.45, 7) is 1.77. The average Bonchev–Trinajstić information content (AvgIpc) is 3.30. The Morgan fingerprint density at radius 1 is 1.29 bits per heavy atom. The molecule has 1 saturated carbocycles. The summed E-state index contributed by atoms with van der Waals surface area (Å²) in [6.07, 6.45) is 8.20. The van der Waals surface area contributed by atoms with E-state index < -0.39 is 0 Å². The van der Waals surface area contributed by atoms with Crippen molar-refractivity contribution in [2.24, 2.45) is 10.9 Å². The van der Waals surface area contributed by atoms with Gasteiger partial charge >= 0.3 is 0 Å². The first-order chi connectivity index (χ1) is 11.3. The first kappa shape index (κ1) is 19.0. The van der Waals surface area contributed by atoms with Gasteiger partial charge in [-0.1, -0.05) is 12.8 Å². The van der Waals surface area contributed by atoms with Crippen LogP contribution >= 0.6 is 24.0 Å². The molecule has 3 N–H and O–H groups in total. The van der Waals surface area contributed by atoms with E-state index in [0.29, 0.717) is 0 Å². The van der Waals surface area contributed by atoms with E-state index >= 15 is 0 Å². The second kappa shape index (κ2) is 9.25. The molecule has 0 unspecified atom stereocenters. The SMILES string of the molecule is CN=C(NCCCC1CC1)NCCc1c[nH]c2cc(F)ccc12.I. The first-order valence-corrected chi connectivity index (χ1v) is 8.46. The third kappa shape index (κ3) is 5.36. The maximum Gasteiger partial charge on any atom is 0.190 e. The normalized spacial score (nSPS) is 14.5. The number of guanidine groups is 1. The van der Waals surface area contributed by atoms with Crippen molar-refractivity contribution in [1.29, 1.82) is 0 Å². The van der Waals surface area contributed by atoms with Crippen molar-refractivity contribution in [3.8, 4) is 0 Å². The van der Waals surface area contributed by atoms with Gasteiger partial charge in [0, 0.05) is 37.2 Å². The number of hydrogen-bond acceptors (Lipinski definition) is 1. The van der Waals surface area contributed by atoms with Crippen molar-refractivity contribution < 1.29 is 4.39 Å². The summed E-state index contributed by atoms with van der Waals surface area (Å²) in [5.74, 6) is 1.63. The molecular weight excluding hydrogens is 418 g/mol. The van der Waals surface area contributed by atoms with Crippen molar-refractivity contribution in [1.82, 2.24) is 15.6 Å². The lowest BCUT2D eigenvalue weighted by Crippen LogP contribution is -2.38. The molecule has 1 aliphatic rings. The number of nitrogens with zero attached hydrogens (tertiary/aromatic N) is 1. The summed E-state index contributed by atoms with van der Waals surface area (Å²) in [7, 11) is 1.80. The number of benzene rings is 1. The minimum absolute atomic E-state index is 0. The predicted molar refractivity (Wildman–Crippen MR) is 109 cm³/mol. The molecule has 1 fully saturated rings. The standard InChI is InChI=1S/C18H25FN4.HI/c1-20-18(21-9-2-3-13-4-5-13)22-10-8-14-12-23-17-11-15(19)6-7-16(14)17;/h6-7,11-13,23H,2-5,8-10H2,1H3,(H2,20,21,22);1H. The topological polar surface area (TPSA) is 52.2 Å². The fourth-order valence-electron chi connectivity index (χ4n) is 2.91. The van der Waals surface area contributed by atoms with E-state index in [2.05, 4.69) is 20.6 Å². The van der Waals surface area contributed by atoms with Gasteiger partial charge in [-0.15, -0.1) is 24.0 Å². The Bertz CT molecular complexity index is 679. The number of aromatic nitrogens is 1. The van der Waals surface area contributed by atoms with Gasteiger partial charge in [0.25, 0.3) is 0 Å². The van der Waals surface area contributed by atoms with Gasteiger partial charge in [0.2, 0.25) is 0 Å². The third-order valence-electron chi connectivity index (χ3n) is 4.42. The average molecular weight is 444 g/mol. The fraction of sp³-hybridized carbons (Fsp3) is 0.500. The van der Waals surface area contributed by atoms with Crippen molar-refractivity contribution >= 4 is 40.8 Å². The van der Waals surface area contributed by atoms with Gasteiger partial charge in [-0.05, 0) is 48.9 Å². The summed E-state index contributed by atoms with van der Waals surface area (Å²) in [4.78, 5) is 7.38. The number of aliphatic imine (C=N–C) groups is 1. The van der Waals surface area contributed by atoms with Gasteiger partial charge in [0.05, 0.1) is 0 Å². The van der Waals surface area contributed by atoms with E-state index in [4.69, 9.17) is 0 Å². The number of fused-ring (bicyclic) bond motifs is 1. The minimum atomic E-state index is -0.208. The molecule has 4 nitrogen and oxygen atoms in total. The molecule has 6 heteroatoms. The van der Waals surface area contributed by atoms with E-state index in [1.54, 1.807) is 7.05 Å². The van der Waals surface area contributed by atoms with E-state index in [9.17, 15) is 4.39 Å². The van der Waals surface area contributed by atoms with E-state index in [0.717, 1.165) is 42.3 Å². The molecule has 0 amide bonds. The summed E-state index contributed by atoms with van der Waals surface area (Å²) >= 11 is 0. The predicted octanol–water partition coefficient (Wildman–Crippen LogP) is 3.82. The van der Waals surface area contributed by atoms with Crippen LogP contribution in [0.4, 0.5) is 4.39 Å². The second-order valence-electron chi connectivity index (χ2n) is 6.27. The number of hydrogen-bond donors (Lipinski definition) is 3. The Hall–Kier alpha value is -1.31. The van der Waals surface area contributed by atoms with Crippen molar-refractivity contribution in [3.63, 3.8) is 0 Å². The van der Waals surface area contributed by atoms with Gasteiger partial charge in [0.1, 0.15) is 5.82 Å². The zero-order valence-corrected chi connectivity index (χ0v) is 16.4. The van der Waals surface area contributed by atoms with Crippen LogP contribution in [0.3, 0.4) is 0 Å². The van der Waals surface area contributed by atoms with Gasteiger partial charge in [-0.3, -0.25) is 4.99 Å². The molecule has 0 radical (unpaired) electrons. The molecule has 0 saturated heterocycles. The lowest BCUT2D eigenvalue weighted by atomic mass is 10.1. The zero-order valence-electron chi connectivity index (χ0n) is 14.1. The van der Waals surface area contributed by atoms with Crippen LogP contribution in [0, 0.1) is 11.7 Å². The highest BCUT2D eigenvalue weighted by molar-refractivity contribution is 14.0. The van der Waals surface area contributed by atoms with Crippen LogP contribution in [0.15, 0.2) is 29.4 Å². The van der Waals surface area contributed by atoms with Crippen LogP contribution in [0.5, 0.6) is 0 Å². The molecule has 24 heavy (non-hydrogen) atoms. The minimum Gasteiger partial charge on any atom is -0.361 e. The van der Waals surface area contributed by atoms with Crippen LogP contribution in [0.25, 0.3) is 10.9 Å². The largest absolute Gasteiger partial charge is 0.361 e. The third-order valence-corrected chi connectivity index (χ3v) is 4.42. The zero-order chi connectivity index (χ0) is 16.1. The molecule has 132 valence electrons. The van der Waals surface area contributed by atoms with Crippen LogP contribution in [-0.2, 0) is 6.42 Å². The monoisotopic (exact) mass is 444 g/mol. The number of aromatic amines is 1. The molecule has 0 bridgehead atoms. The summed E-state index contributed by atoms with van der Waals surface area (Å²) in [5.41, 5.74) is 2.04. The maximum atomic E-state index is 13.2. The second-order valence-corrected chi connectivity index (χ2v) is 6.27. The van der Waals surface area contributed by atoms with Crippen molar-refractivity contribution in [3.05, 3.63) is 35.8 Å². The molecular formula is C18H26FIN4. The summed E-state index contributed by atoms with van der Waals surface area (Å²) in [5, 5.41) is 7.78. The van der Waals surface area contributed by atoms with Crippen molar-refractivity contribution in [2.45, 2.75) is 32.1 Å². The lowest BCUT2D eigenvalue weighted by molar-refractivity contribution is 0.629. The molecule has 1 aromatic carbocycles.